The minimum absolute atomic E-state index is 0.297. The molecule has 1 atom stereocenters. The van der Waals surface area contributed by atoms with Crippen molar-refractivity contribution < 1.29 is 9.53 Å². The number of benzene rings is 1. The van der Waals surface area contributed by atoms with E-state index in [-0.39, 0.29) is 5.91 Å². The van der Waals surface area contributed by atoms with Crippen molar-refractivity contribution in [2.75, 3.05) is 12.4 Å². The number of carbonyl (C=O) groups excluding carboxylic acids is 1. The quantitative estimate of drug-likeness (QED) is 0.463. The number of aromatic nitrogens is 8. The van der Waals surface area contributed by atoms with E-state index in [1.54, 1.807) is 32.4 Å². The van der Waals surface area contributed by atoms with E-state index in [2.05, 4.69) is 41.0 Å². The number of hydrogen-bond donors (Lipinski definition) is 2. The third-order valence-electron chi connectivity index (χ3n) is 4.69. The maximum absolute atomic E-state index is 13.2. The molecule has 0 saturated heterocycles. The Morgan fingerprint density at radius 1 is 1.26 bits per heavy atom. The molecule has 0 fully saturated rings. The number of ether oxygens (including phenoxy) is 1. The average Bonchev–Trinajstić information content (AvgIpc) is 3.40. The van der Waals surface area contributed by atoms with Crippen molar-refractivity contribution in [1.82, 2.24) is 40.4 Å². The number of aromatic amines is 1. The van der Waals surface area contributed by atoms with Crippen LogP contribution in [0.3, 0.4) is 0 Å². The molecule has 1 amide bonds. The number of tetrazole rings is 1. The molecule has 1 unspecified atom stereocenters. The SMILES string of the molecule is COc1cccc(CC(C(=O)Nc2cc(-c3n[nH]c(C)n3)ccn2)n2nnnc2C)c1. The second kappa shape index (κ2) is 8.69. The maximum Gasteiger partial charge on any atom is 0.250 e. The lowest BCUT2D eigenvalue weighted by Gasteiger charge is -2.18. The molecule has 2 N–H and O–H groups in total. The number of aryl methyl sites for hydroxylation is 2. The fourth-order valence-corrected chi connectivity index (χ4v) is 3.16. The van der Waals surface area contributed by atoms with Crippen molar-refractivity contribution in [1.29, 1.82) is 0 Å². The van der Waals surface area contributed by atoms with Gasteiger partial charge in [0.2, 0.25) is 0 Å². The Kier molecular flexibility index (Phi) is 5.65. The van der Waals surface area contributed by atoms with E-state index in [0.29, 0.717) is 35.5 Å². The lowest BCUT2D eigenvalue weighted by atomic mass is 10.0. The fraction of sp³-hybridized carbons (Fsp3) is 0.250. The van der Waals surface area contributed by atoms with Crippen molar-refractivity contribution in [3.05, 3.63) is 59.8 Å². The number of hydrogen-bond acceptors (Lipinski definition) is 8. The molecule has 0 saturated carbocycles. The largest absolute Gasteiger partial charge is 0.497 e. The van der Waals surface area contributed by atoms with E-state index in [4.69, 9.17) is 4.74 Å². The Morgan fingerprint density at radius 3 is 2.84 bits per heavy atom. The number of amides is 1. The molecular weight excluding hydrogens is 398 g/mol. The number of nitrogens with zero attached hydrogens (tertiary/aromatic N) is 7. The molecule has 1 aromatic carbocycles. The first kappa shape index (κ1) is 20.1. The summed E-state index contributed by atoms with van der Waals surface area (Å²) in [5.41, 5.74) is 1.64. The summed E-state index contributed by atoms with van der Waals surface area (Å²) in [5, 5.41) is 21.4. The number of H-pyrrole nitrogens is 1. The van der Waals surface area contributed by atoms with Crippen LogP contribution >= 0.6 is 0 Å². The molecule has 11 nitrogen and oxygen atoms in total. The zero-order valence-electron chi connectivity index (χ0n) is 17.3. The third-order valence-corrected chi connectivity index (χ3v) is 4.69. The van der Waals surface area contributed by atoms with Crippen molar-refractivity contribution in [3.63, 3.8) is 0 Å². The van der Waals surface area contributed by atoms with Gasteiger partial charge < -0.3 is 10.1 Å². The Labute approximate surface area is 177 Å². The molecule has 4 aromatic rings. The first-order valence-corrected chi connectivity index (χ1v) is 9.57. The van der Waals surface area contributed by atoms with Crippen LogP contribution in [-0.4, -0.2) is 53.4 Å². The van der Waals surface area contributed by atoms with Crippen LogP contribution in [0, 0.1) is 13.8 Å². The predicted molar refractivity (Wildman–Crippen MR) is 111 cm³/mol. The van der Waals surface area contributed by atoms with Crippen LogP contribution in [0.4, 0.5) is 5.82 Å². The summed E-state index contributed by atoms with van der Waals surface area (Å²) in [6, 6.07) is 10.3. The van der Waals surface area contributed by atoms with E-state index in [0.717, 1.165) is 11.1 Å². The van der Waals surface area contributed by atoms with Gasteiger partial charge in [0.1, 0.15) is 29.3 Å². The Hall–Kier alpha value is -4.15. The van der Waals surface area contributed by atoms with Crippen LogP contribution < -0.4 is 10.1 Å². The van der Waals surface area contributed by atoms with E-state index >= 15 is 0 Å². The summed E-state index contributed by atoms with van der Waals surface area (Å²) in [6.45, 7) is 3.56. The molecule has 3 heterocycles. The predicted octanol–water partition coefficient (Wildman–Crippen LogP) is 1.90. The van der Waals surface area contributed by atoms with Gasteiger partial charge in [-0.25, -0.2) is 14.6 Å². The van der Waals surface area contributed by atoms with Gasteiger partial charge in [0.25, 0.3) is 5.91 Å². The van der Waals surface area contributed by atoms with Gasteiger partial charge in [0.05, 0.1) is 7.11 Å². The molecule has 3 aromatic heterocycles. The van der Waals surface area contributed by atoms with Crippen molar-refractivity contribution in [2.45, 2.75) is 26.3 Å². The first-order valence-electron chi connectivity index (χ1n) is 9.57. The minimum atomic E-state index is -0.682. The number of rotatable bonds is 7. The van der Waals surface area contributed by atoms with Crippen LogP contribution in [0.15, 0.2) is 42.6 Å². The van der Waals surface area contributed by atoms with E-state index < -0.39 is 6.04 Å². The van der Waals surface area contributed by atoms with Gasteiger partial charge >= 0.3 is 0 Å². The molecular formula is C20H21N9O2. The highest BCUT2D eigenvalue weighted by Gasteiger charge is 2.25. The molecule has 11 heteroatoms. The molecule has 31 heavy (non-hydrogen) atoms. The number of pyridine rings is 1. The van der Waals surface area contributed by atoms with Crippen LogP contribution in [0.5, 0.6) is 5.75 Å². The molecule has 0 bridgehead atoms. The summed E-state index contributed by atoms with van der Waals surface area (Å²) < 4.78 is 6.79. The lowest BCUT2D eigenvalue weighted by molar-refractivity contribution is -0.119. The van der Waals surface area contributed by atoms with Gasteiger partial charge in [-0.15, -0.1) is 5.10 Å². The van der Waals surface area contributed by atoms with Crippen molar-refractivity contribution in [2.24, 2.45) is 0 Å². The molecule has 0 aliphatic rings. The third kappa shape index (κ3) is 4.55. The highest BCUT2D eigenvalue weighted by Crippen LogP contribution is 2.22. The van der Waals surface area contributed by atoms with Crippen LogP contribution in [-0.2, 0) is 11.2 Å². The summed E-state index contributed by atoms with van der Waals surface area (Å²) in [7, 11) is 1.60. The van der Waals surface area contributed by atoms with Crippen LogP contribution in [0.25, 0.3) is 11.4 Å². The summed E-state index contributed by atoms with van der Waals surface area (Å²) in [4.78, 5) is 21.8. The first-order chi connectivity index (χ1) is 15.0. The zero-order chi connectivity index (χ0) is 21.8. The smallest absolute Gasteiger partial charge is 0.250 e. The summed E-state index contributed by atoms with van der Waals surface area (Å²) in [6.07, 6.45) is 1.96. The number of methoxy groups -OCH3 is 1. The highest BCUT2D eigenvalue weighted by molar-refractivity contribution is 5.93. The van der Waals surface area contributed by atoms with Gasteiger partial charge in [-0.1, -0.05) is 12.1 Å². The van der Waals surface area contributed by atoms with Gasteiger partial charge in [0, 0.05) is 18.2 Å². The minimum Gasteiger partial charge on any atom is -0.497 e. The maximum atomic E-state index is 13.2. The van der Waals surface area contributed by atoms with E-state index in [1.165, 1.54) is 4.68 Å². The summed E-state index contributed by atoms with van der Waals surface area (Å²) >= 11 is 0. The average molecular weight is 419 g/mol. The second-order valence-corrected chi connectivity index (χ2v) is 6.91. The number of carbonyl (C=O) groups is 1. The second-order valence-electron chi connectivity index (χ2n) is 6.91. The van der Waals surface area contributed by atoms with Crippen LogP contribution in [0.2, 0.25) is 0 Å². The molecule has 158 valence electrons. The van der Waals surface area contributed by atoms with E-state index in [9.17, 15) is 4.79 Å². The number of nitrogens with one attached hydrogen (secondary N) is 2. The zero-order valence-corrected chi connectivity index (χ0v) is 17.3. The Morgan fingerprint density at radius 2 is 2.13 bits per heavy atom. The molecule has 0 spiro atoms. The Bertz CT molecular complexity index is 1200. The van der Waals surface area contributed by atoms with E-state index in [1.807, 2.05) is 31.2 Å². The Balaban J connectivity index is 1.60. The van der Waals surface area contributed by atoms with Gasteiger partial charge in [0.15, 0.2) is 5.82 Å². The highest BCUT2D eigenvalue weighted by atomic mass is 16.5. The molecule has 0 aliphatic carbocycles. The van der Waals surface area contributed by atoms with Crippen LogP contribution in [0.1, 0.15) is 23.3 Å². The van der Waals surface area contributed by atoms with Gasteiger partial charge in [-0.05, 0) is 54.1 Å². The molecule has 0 aliphatic heterocycles. The summed E-state index contributed by atoms with van der Waals surface area (Å²) in [5.74, 6) is 2.55. The molecule has 4 rings (SSSR count). The van der Waals surface area contributed by atoms with Crippen molar-refractivity contribution in [3.8, 4) is 17.1 Å². The topological polar surface area (TPSA) is 136 Å². The number of anilines is 1. The molecule has 0 radical (unpaired) electrons. The monoisotopic (exact) mass is 419 g/mol. The standard InChI is InChI=1S/C20H21N9O2/c1-12-22-19(26-24-12)15-7-8-21-18(11-15)23-20(30)17(29-13(2)25-27-28-29)10-14-5-4-6-16(9-14)31-3/h4-9,11,17H,10H2,1-3H3,(H,21,23,30)(H,22,24,26). The fourth-order valence-electron chi connectivity index (χ4n) is 3.16. The lowest BCUT2D eigenvalue weighted by Crippen LogP contribution is -2.29. The van der Waals surface area contributed by atoms with Gasteiger partial charge in [-0.2, -0.15) is 5.10 Å². The normalized spacial score (nSPS) is 11.8. The van der Waals surface area contributed by atoms with Crippen molar-refractivity contribution >= 4 is 11.7 Å². The van der Waals surface area contributed by atoms with Gasteiger partial charge in [-0.3, -0.25) is 9.89 Å².